The van der Waals surface area contributed by atoms with Crippen molar-refractivity contribution in [1.82, 2.24) is 4.98 Å². The van der Waals surface area contributed by atoms with E-state index in [-0.39, 0.29) is 23.6 Å². The number of pyridine rings is 1. The van der Waals surface area contributed by atoms with Gasteiger partial charge in [-0.2, -0.15) is 0 Å². The predicted molar refractivity (Wildman–Crippen MR) is 157 cm³/mol. The topological polar surface area (TPSA) is 77.5 Å². The fraction of sp³-hybridized carbons (Fsp3) is 0.438. The summed E-state index contributed by atoms with van der Waals surface area (Å²) in [7, 11) is -0.832. The SMILES string of the molecule is CCOC(=O)C1C2Cc3cc(NCc4cc(-c5ccc(OCCCS(C)=O)nc5C)ccc4F)c(CC)cc3C21. The molecule has 1 N–H and O–H groups in total. The number of rotatable bonds is 12. The number of halogens is 1. The summed E-state index contributed by atoms with van der Waals surface area (Å²) in [6.45, 7) is 7.12. The molecular weight excluding hydrogens is 527 g/mol. The van der Waals surface area contributed by atoms with Gasteiger partial charge in [-0.25, -0.2) is 9.37 Å². The van der Waals surface area contributed by atoms with E-state index in [9.17, 15) is 13.4 Å². The van der Waals surface area contributed by atoms with Crippen molar-refractivity contribution in [3.05, 3.63) is 76.2 Å². The zero-order valence-electron chi connectivity index (χ0n) is 23.6. The average molecular weight is 565 g/mol. The third kappa shape index (κ3) is 5.92. The van der Waals surface area contributed by atoms with Crippen LogP contribution < -0.4 is 10.1 Å². The lowest BCUT2D eigenvalue weighted by Crippen LogP contribution is -2.11. The standard InChI is InChI=1S/C32H37FN2O4S/c1-5-20-15-25-22(16-26-30(25)31(26)32(36)38-6-2)17-28(20)34-18-23-14-21(8-10-27(23)33)24-9-11-29(35-19(24)3)39-12-7-13-40(4)37/h8-11,14-15,17,26,30-31,34H,5-7,12-13,16,18H2,1-4H3. The molecule has 5 rings (SSSR count). The minimum absolute atomic E-state index is 0.000642. The monoisotopic (exact) mass is 564 g/mol. The summed E-state index contributed by atoms with van der Waals surface area (Å²) in [5.41, 5.74) is 7.94. The molecule has 4 unspecified atom stereocenters. The van der Waals surface area contributed by atoms with E-state index in [1.54, 1.807) is 12.3 Å². The van der Waals surface area contributed by atoms with Gasteiger partial charge in [0, 0.05) is 63.8 Å². The Kier molecular flexibility index (Phi) is 8.54. The van der Waals surface area contributed by atoms with Gasteiger partial charge in [-0.1, -0.05) is 19.1 Å². The molecule has 2 aromatic carbocycles. The van der Waals surface area contributed by atoms with E-state index < -0.39 is 10.8 Å². The molecule has 212 valence electrons. The van der Waals surface area contributed by atoms with Crippen LogP contribution in [0.25, 0.3) is 11.1 Å². The van der Waals surface area contributed by atoms with Crippen LogP contribution in [0.1, 0.15) is 54.1 Å². The molecule has 0 bridgehead atoms. The maximum atomic E-state index is 14.9. The highest BCUT2D eigenvalue weighted by molar-refractivity contribution is 7.84. The Bertz CT molecular complexity index is 1440. The first-order valence-electron chi connectivity index (χ1n) is 14.1. The van der Waals surface area contributed by atoms with Crippen molar-refractivity contribution in [1.29, 1.82) is 0 Å². The largest absolute Gasteiger partial charge is 0.478 e. The van der Waals surface area contributed by atoms with E-state index in [2.05, 4.69) is 29.4 Å². The van der Waals surface area contributed by atoms with Gasteiger partial charge in [0.05, 0.1) is 19.1 Å². The Morgan fingerprint density at radius 2 is 1.98 bits per heavy atom. The van der Waals surface area contributed by atoms with Crippen LogP contribution >= 0.6 is 0 Å². The normalized spacial score (nSPS) is 19.5. The Morgan fingerprint density at radius 1 is 1.15 bits per heavy atom. The smallest absolute Gasteiger partial charge is 0.309 e. The van der Waals surface area contributed by atoms with E-state index in [0.29, 0.717) is 49.3 Å². The first kappa shape index (κ1) is 28.3. The number of carbonyl (C=O) groups is 1. The highest BCUT2D eigenvalue weighted by Gasteiger charge is 2.60. The van der Waals surface area contributed by atoms with Gasteiger partial charge in [-0.05, 0) is 85.5 Å². The molecular formula is C32H37FN2O4S. The van der Waals surface area contributed by atoms with E-state index in [1.807, 2.05) is 32.0 Å². The molecule has 2 aliphatic rings. The van der Waals surface area contributed by atoms with Crippen LogP contribution in [-0.4, -0.2) is 40.4 Å². The van der Waals surface area contributed by atoms with Crippen molar-refractivity contribution in [3.63, 3.8) is 0 Å². The van der Waals surface area contributed by atoms with Crippen molar-refractivity contribution in [2.24, 2.45) is 11.8 Å². The van der Waals surface area contributed by atoms with E-state index >= 15 is 0 Å². The highest BCUT2D eigenvalue weighted by Crippen LogP contribution is 2.62. The first-order chi connectivity index (χ1) is 19.3. The molecule has 8 heteroatoms. The molecule has 6 nitrogen and oxygen atoms in total. The maximum absolute atomic E-state index is 14.9. The summed E-state index contributed by atoms with van der Waals surface area (Å²) in [5, 5.41) is 3.48. The number of nitrogens with one attached hydrogen (secondary N) is 1. The molecule has 0 saturated heterocycles. The molecule has 1 saturated carbocycles. The molecule has 1 fully saturated rings. The van der Waals surface area contributed by atoms with Gasteiger partial charge >= 0.3 is 5.97 Å². The second kappa shape index (κ2) is 12.1. The molecule has 0 spiro atoms. The highest BCUT2D eigenvalue weighted by atomic mass is 32.2. The van der Waals surface area contributed by atoms with Crippen LogP contribution in [0.4, 0.5) is 10.1 Å². The quantitative estimate of drug-likeness (QED) is 0.216. The van der Waals surface area contributed by atoms with Crippen LogP contribution in [0.2, 0.25) is 0 Å². The Labute approximate surface area is 238 Å². The third-order valence-electron chi connectivity index (χ3n) is 8.00. The van der Waals surface area contributed by atoms with Crippen LogP contribution in [0.15, 0.2) is 42.5 Å². The molecule has 0 amide bonds. The van der Waals surface area contributed by atoms with Crippen molar-refractivity contribution in [2.75, 3.05) is 30.5 Å². The maximum Gasteiger partial charge on any atom is 0.309 e. The number of aryl methyl sites for hydroxylation is 2. The van der Waals surface area contributed by atoms with E-state index in [1.165, 1.54) is 22.8 Å². The summed E-state index contributed by atoms with van der Waals surface area (Å²) in [6, 6.07) is 13.4. The number of nitrogens with zero attached hydrogens (tertiary/aromatic N) is 1. The summed E-state index contributed by atoms with van der Waals surface area (Å²) in [5.74, 6) is 1.43. The van der Waals surface area contributed by atoms with E-state index in [4.69, 9.17) is 9.47 Å². The fourth-order valence-electron chi connectivity index (χ4n) is 5.95. The van der Waals surface area contributed by atoms with Crippen molar-refractivity contribution < 1.29 is 22.9 Å². The third-order valence-corrected chi connectivity index (χ3v) is 8.86. The lowest BCUT2D eigenvalue weighted by atomic mass is 9.96. The number of aromatic nitrogens is 1. The fourth-order valence-corrected chi connectivity index (χ4v) is 6.47. The molecule has 4 atom stereocenters. The zero-order chi connectivity index (χ0) is 28.4. The van der Waals surface area contributed by atoms with Crippen LogP contribution in [0, 0.1) is 24.6 Å². The second-order valence-corrected chi connectivity index (χ2v) is 12.2. The number of ether oxygens (including phenoxy) is 2. The van der Waals surface area contributed by atoms with Crippen LogP contribution in [0.5, 0.6) is 5.88 Å². The molecule has 1 heterocycles. The minimum Gasteiger partial charge on any atom is -0.478 e. The Hall–Kier alpha value is -3.26. The Balaban J connectivity index is 1.28. The summed E-state index contributed by atoms with van der Waals surface area (Å²) in [6.07, 6.45) is 4.12. The molecule has 3 aromatic rings. The Morgan fingerprint density at radius 3 is 2.70 bits per heavy atom. The number of hydrogen-bond acceptors (Lipinski definition) is 6. The number of anilines is 1. The average Bonchev–Trinajstić information content (AvgIpc) is 3.53. The number of carbonyl (C=O) groups excluding carboxylic acids is 1. The molecule has 1 aromatic heterocycles. The predicted octanol–water partition coefficient (Wildman–Crippen LogP) is 5.97. The molecule has 2 aliphatic carbocycles. The molecule has 0 radical (unpaired) electrons. The van der Waals surface area contributed by atoms with Gasteiger partial charge in [-0.15, -0.1) is 0 Å². The van der Waals surface area contributed by atoms with Gasteiger partial charge in [0.15, 0.2) is 0 Å². The summed E-state index contributed by atoms with van der Waals surface area (Å²) >= 11 is 0. The van der Waals surface area contributed by atoms with Gasteiger partial charge in [0.1, 0.15) is 5.82 Å². The van der Waals surface area contributed by atoms with Gasteiger partial charge in [-0.3, -0.25) is 9.00 Å². The lowest BCUT2D eigenvalue weighted by Gasteiger charge is -2.17. The van der Waals surface area contributed by atoms with Gasteiger partial charge in [0.2, 0.25) is 5.88 Å². The van der Waals surface area contributed by atoms with Crippen molar-refractivity contribution in [2.45, 2.75) is 52.5 Å². The zero-order valence-corrected chi connectivity index (χ0v) is 24.4. The van der Waals surface area contributed by atoms with E-state index in [0.717, 1.165) is 35.3 Å². The summed E-state index contributed by atoms with van der Waals surface area (Å²) < 4.78 is 37.1. The second-order valence-electron chi connectivity index (χ2n) is 10.7. The number of fused-ring (bicyclic) bond motifs is 3. The van der Waals surface area contributed by atoms with Gasteiger partial charge in [0.25, 0.3) is 0 Å². The lowest BCUT2D eigenvalue weighted by molar-refractivity contribution is -0.145. The number of hydrogen-bond donors (Lipinski definition) is 1. The molecule has 40 heavy (non-hydrogen) atoms. The van der Waals surface area contributed by atoms with Crippen molar-refractivity contribution in [3.8, 4) is 17.0 Å². The van der Waals surface area contributed by atoms with Crippen molar-refractivity contribution >= 4 is 22.5 Å². The van der Waals surface area contributed by atoms with Crippen LogP contribution in [0.3, 0.4) is 0 Å². The van der Waals surface area contributed by atoms with Gasteiger partial charge < -0.3 is 14.8 Å². The number of esters is 1. The first-order valence-corrected chi connectivity index (χ1v) is 15.8. The summed E-state index contributed by atoms with van der Waals surface area (Å²) in [4.78, 5) is 16.9. The number of benzene rings is 2. The minimum atomic E-state index is -0.832. The molecule has 0 aliphatic heterocycles. The van der Waals surface area contributed by atoms with Crippen LogP contribution in [-0.2, 0) is 39.7 Å².